The van der Waals surface area contributed by atoms with Crippen LogP contribution in [0, 0.1) is 11.2 Å². The highest BCUT2D eigenvalue weighted by Gasteiger charge is 2.08. The number of nitrogens with two attached hydrogens (primary N) is 1. The molecular formula is C16H17BrFN3. The quantitative estimate of drug-likeness (QED) is 0.641. The summed E-state index contributed by atoms with van der Waals surface area (Å²) in [6.07, 6.45) is 0. The predicted octanol–water partition coefficient (Wildman–Crippen LogP) is 3.50. The lowest BCUT2D eigenvalue weighted by atomic mass is 10.1. The Balaban J connectivity index is 2.04. The zero-order valence-electron chi connectivity index (χ0n) is 11.7. The van der Waals surface area contributed by atoms with Crippen molar-refractivity contribution in [1.29, 1.82) is 5.41 Å². The number of nitrogen functional groups attached to an aromatic ring is 1. The van der Waals surface area contributed by atoms with Gasteiger partial charge in [-0.1, -0.05) is 40.2 Å². The molecule has 0 atom stereocenters. The highest BCUT2D eigenvalue weighted by molar-refractivity contribution is 9.10. The van der Waals surface area contributed by atoms with Crippen LogP contribution < -0.4 is 5.73 Å². The van der Waals surface area contributed by atoms with Crippen LogP contribution in [0.4, 0.5) is 4.39 Å². The maximum absolute atomic E-state index is 14.0. The van der Waals surface area contributed by atoms with Gasteiger partial charge in [-0.25, -0.2) is 4.39 Å². The molecule has 2 aromatic carbocycles. The van der Waals surface area contributed by atoms with Crippen molar-refractivity contribution in [3.8, 4) is 0 Å². The fourth-order valence-electron chi connectivity index (χ4n) is 2.09. The molecule has 0 amide bonds. The standard InChI is InChI=1S/C16H17BrFN3/c1-21(9-11-2-6-14(17)7-3-11)10-13-5-4-12(16(19)20)8-15(13)18/h2-8H,9-10H2,1H3,(H3,19,20). The van der Waals surface area contributed by atoms with Crippen LogP contribution in [0.1, 0.15) is 16.7 Å². The molecule has 0 fully saturated rings. The topological polar surface area (TPSA) is 53.1 Å². The summed E-state index contributed by atoms with van der Waals surface area (Å²) in [4.78, 5) is 2.04. The van der Waals surface area contributed by atoms with Gasteiger partial charge >= 0.3 is 0 Å². The third-order valence-corrected chi connectivity index (χ3v) is 3.70. The maximum Gasteiger partial charge on any atom is 0.128 e. The van der Waals surface area contributed by atoms with E-state index >= 15 is 0 Å². The van der Waals surface area contributed by atoms with E-state index in [1.165, 1.54) is 11.6 Å². The molecule has 0 saturated heterocycles. The number of amidine groups is 1. The van der Waals surface area contributed by atoms with Crippen molar-refractivity contribution < 1.29 is 4.39 Å². The largest absolute Gasteiger partial charge is 0.384 e. The Morgan fingerprint density at radius 2 is 1.86 bits per heavy atom. The minimum atomic E-state index is -0.328. The molecule has 2 aromatic rings. The third kappa shape index (κ3) is 4.37. The molecule has 110 valence electrons. The Hall–Kier alpha value is -1.72. The minimum absolute atomic E-state index is 0.122. The van der Waals surface area contributed by atoms with Gasteiger partial charge in [-0.3, -0.25) is 10.3 Å². The van der Waals surface area contributed by atoms with E-state index in [4.69, 9.17) is 11.1 Å². The van der Waals surface area contributed by atoms with Crippen molar-refractivity contribution in [3.63, 3.8) is 0 Å². The van der Waals surface area contributed by atoms with Crippen molar-refractivity contribution >= 4 is 21.8 Å². The second-order valence-corrected chi connectivity index (χ2v) is 5.93. The first kappa shape index (κ1) is 15.7. The maximum atomic E-state index is 14.0. The molecule has 0 aliphatic rings. The molecule has 2 rings (SSSR count). The summed E-state index contributed by atoms with van der Waals surface area (Å²) in [7, 11) is 1.94. The summed E-state index contributed by atoms with van der Waals surface area (Å²) in [5.74, 6) is -0.450. The molecule has 0 bridgehead atoms. The first-order chi connectivity index (χ1) is 9.95. The van der Waals surface area contributed by atoms with Gasteiger partial charge in [0.15, 0.2) is 0 Å². The molecule has 0 spiro atoms. The van der Waals surface area contributed by atoms with Crippen molar-refractivity contribution in [2.24, 2.45) is 5.73 Å². The number of hydrogen-bond acceptors (Lipinski definition) is 2. The summed E-state index contributed by atoms with van der Waals surface area (Å²) in [5, 5.41) is 7.31. The van der Waals surface area contributed by atoms with Gasteiger partial charge in [0.1, 0.15) is 11.7 Å². The van der Waals surface area contributed by atoms with E-state index in [-0.39, 0.29) is 11.7 Å². The van der Waals surface area contributed by atoms with E-state index in [0.29, 0.717) is 17.7 Å². The molecule has 0 aliphatic carbocycles. The van der Waals surface area contributed by atoms with E-state index < -0.39 is 0 Å². The molecule has 0 aromatic heterocycles. The van der Waals surface area contributed by atoms with Crippen LogP contribution in [-0.4, -0.2) is 17.8 Å². The van der Waals surface area contributed by atoms with Gasteiger partial charge < -0.3 is 5.73 Å². The van der Waals surface area contributed by atoms with Crippen molar-refractivity contribution in [1.82, 2.24) is 4.90 Å². The van der Waals surface area contributed by atoms with Gasteiger partial charge in [0.25, 0.3) is 0 Å². The molecule has 0 radical (unpaired) electrons. The Labute approximate surface area is 132 Å². The van der Waals surface area contributed by atoms with Crippen molar-refractivity contribution in [2.75, 3.05) is 7.05 Å². The molecule has 3 N–H and O–H groups in total. The smallest absolute Gasteiger partial charge is 0.128 e. The predicted molar refractivity (Wildman–Crippen MR) is 86.7 cm³/mol. The summed E-state index contributed by atoms with van der Waals surface area (Å²) in [5.41, 5.74) is 7.52. The van der Waals surface area contributed by atoms with E-state index in [1.807, 2.05) is 36.2 Å². The number of hydrogen-bond donors (Lipinski definition) is 2. The molecule has 0 saturated carbocycles. The van der Waals surface area contributed by atoms with Gasteiger partial charge in [0.05, 0.1) is 0 Å². The molecule has 0 heterocycles. The third-order valence-electron chi connectivity index (χ3n) is 3.17. The number of halogens is 2. The highest BCUT2D eigenvalue weighted by atomic mass is 79.9. The number of nitrogens with zero attached hydrogens (tertiary/aromatic N) is 1. The monoisotopic (exact) mass is 349 g/mol. The number of nitrogens with one attached hydrogen (secondary N) is 1. The fourth-order valence-corrected chi connectivity index (χ4v) is 2.36. The second-order valence-electron chi connectivity index (χ2n) is 5.02. The lowest BCUT2D eigenvalue weighted by Gasteiger charge is -2.17. The lowest BCUT2D eigenvalue weighted by molar-refractivity contribution is 0.313. The van der Waals surface area contributed by atoms with E-state index in [0.717, 1.165) is 11.0 Å². The Morgan fingerprint density at radius 3 is 2.43 bits per heavy atom. The van der Waals surface area contributed by atoms with Crippen LogP contribution in [0.2, 0.25) is 0 Å². The Morgan fingerprint density at radius 1 is 1.19 bits per heavy atom. The van der Waals surface area contributed by atoms with Crippen LogP contribution in [0.15, 0.2) is 46.9 Å². The molecule has 21 heavy (non-hydrogen) atoms. The molecular weight excluding hydrogens is 333 g/mol. The molecule has 0 unspecified atom stereocenters. The zero-order valence-corrected chi connectivity index (χ0v) is 13.3. The second kappa shape index (κ2) is 6.83. The summed E-state index contributed by atoms with van der Waals surface area (Å²) < 4.78 is 15.0. The van der Waals surface area contributed by atoms with Gasteiger partial charge in [0.2, 0.25) is 0 Å². The minimum Gasteiger partial charge on any atom is -0.384 e. The summed E-state index contributed by atoms with van der Waals surface area (Å²) in [6.45, 7) is 1.24. The van der Waals surface area contributed by atoms with Crippen LogP contribution >= 0.6 is 15.9 Å². The van der Waals surface area contributed by atoms with Crippen molar-refractivity contribution in [3.05, 3.63) is 69.4 Å². The summed E-state index contributed by atoms with van der Waals surface area (Å²) >= 11 is 3.40. The number of rotatable bonds is 5. The molecule has 0 aliphatic heterocycles. The van der Waals surface area contributed by atoms with Crippen molar-refractivity contribution in [2.45, 2.75) is 13.1 Å². The normalized spacial score (nSPS) is 10.9. The average molecular weight is 350 g/mol. The zero-order chi connectivity index (χ0) is 15.4. The van der Waals surface area contributed by atoms with Gasteiger partial charge in [-0.2, -0.15) is 0 Å². The lowest BCUT2D eigenvalue weighted by Crippen LogP contribution is -2.18. The number of benzene rings is 2. The van der Waals surface area contributed by atoms with Crippen LogP contribution in [-0.2, 0) is 13.1 Å². The average Bonchev–Trinajstić information content (AvgIpc) is 2.43. The van der Waals surface area contributed by atoms with Gasteiger partial charge in [-0.15, -0.1) is 0 Å². The fraction of sp³-hybridized carbons (Fsp3) is 0.188. The van der Waals surface area contributed by atoms with Crippen LogP contribution in [0.5, 0.6) is 0 Å². The molecule has 5 heteroatoms. The first-order valence-corrected chi connectivity index (χ1v) is 7.31. The highest BCUT2D eigenvalue weighted by Crippen LogP contribution is 2.15. The molecule has 3 nitrogen and oxygen atoms in total. The first-order valence-electron chi connectivity index (χ1n) is 6.51. The van der Waals surface area contributed by atoms with E-state index in [9.17, 15) is 4.39 Å². The van der Waals surface area contributed by atoms with Crippen LogP contribution in [0.25, 0.3) is 0 Å². The SMILES string of the molecule is CN(Cc1ccc(Br)cc1)Cc1ccc(C(=N)N)cc1F. The Bertz CT molecular complexity index is 640. The van der Waals surface area contributed by atoms with Gasteiger partial charge in [0, 0.05) is 28.7 Å². The van der Waals surface area contributed by atoms with E-state index in [2.05, 4.69) is 15.9 Å². The summed E-state index contributed by atoms with van der Waals surface area (Å²) in [6, 6.07) is 12.7. The van der Waals surface area contributed by atoms with E-state index in [1.54, 1.807) is 12.1 Å². The Kier molecular flexibility index (Phi) is 5.09. The van der Waals surface area contributed by atoms with Crippen LogP contribution in [0.3, 0.4) is 0 Å². The van der Waals surface area contributed by atoms with Gasteiger partial charge in [-0.05, 0) is 30.8 Å².